The maximum absolute atomic E-state index is 13.4. The van der Waals surface area contributed by atoms with Gasteiger partial charge in [-0.2, -0.15) is 0 Å². The Labute approximate surface area is 599 Å². The Morgan fingerprint density at radius 2 is 1.12 bits per heavy atom. The van der Waals surface area contributed by atoms with Crippen LogP contribution in [0.5, 0.6) is 5.75 Å². The number of hydrogen-bond donors (Lipinski definition) is 11. The van der Waals surface area contributed by atoms with Crippen molar-refractivity contribution in [2.75, 3.05) is 69.9 Å². The Bertz CT molecular complexity index is 3420. The fourth-order valence-corrected chi connectivity index (χ4v) is 8.95. The Hall–Kier alpha value is -8.68. The number of carboxylic acid groups (broad SMARTS) is 1. The number of carbonyl (C=O) groups excluding carboxylic acids is 5. The zero-order valence-corrected chi connectivity index (χ0v) is 60.9. The van der Waals surface area contributed by atoms with Crippen LogP contribution >= 0.6 is 12.2 Å². The Morgan fingerprint density at radius 1 is 0.606 bits per heavy atom. The number of rotatable bonds is 25. The fraction of sp³-hybridized carbons (Fsp3) is 0.493. The lowest BCUT2D eigenvalue weighted by molar-refractivity contribution is -0.114. The van der Waals surface area contributed by atoms with Crippen LogP contribution < -0.4 is 54.1 Å². The summed E-state index contributed by atoms with van der Waals surface area (Å²) < 4.78 is 10.6. The molecule has 6 amide bonds. The normalized spacial score (nSPS) is 9.43. The third kappa shape index (κ3) is 36.1. The number of thiocarbonyl (C=S) groups is 1. The zero-order chi connectivity index (χ0) is 72.8. The number of phenols is 1. The van der Waals surface area contributed by atoms with Gasteiger partial charge in [-0.1, -0.05) is 163 Å². The van der Waals surface area contributed by atoms with Crippen molar-refractivity contribution < 1.29 is 43.4 Å². The zero-order valence-electron chi connectivity index (χ0n) is 60.1. The van der Waals surface area contributed by atoms with Gasteiger partial charge in [-0.15, -0.1) is 0 Å². The number of fused-ring (bicyclic) bond motifs is 2. The van der Waals surface area contributed by atoms with Crippen molar-refractivity contribution in [3.05, 3.63) is 130 Å². The van der Waals surface area contributed by atoms with Gasteiger partial charge in [0.05, 0.1) is 36.0 Å². The average molecular weight is 1410 g/mol. The van der Waals surface area contributed by atoms with Crippen LogP contribution in [0.25, 0.3) is 33.4 Å². The number of aryl methyl sites for hydroxylation is 2. The number of hydrogen-bond acceptors (Lipinski definition) is 14. The van der Waals surface area contributed by atoms with Crippen molar-refractivity contribution in [3.8, 4) is 28.2 Å². The van der Waals surface area contributed by atoms with Crippen molar-refractivity contribution >= 4 is 80.7 Å². The molecule has 2 aliphatic rings. The third-order valence-electron chi connectivity index (χ3n) is 12.8. The standard InChI is InChI=1S/C32H49N11O5.C23H16O5S.C5H13N.5C2H6.CH5N.4CH4/c1-7-8-9-11-35-32(48)36-20-33-21-43-19-25(37-22(2)44)16-28(43)31(47)39-24-15-27(42(6)18-24)30(46)38-23-14-26(41(5)17-23)29(45)34-12-10-13-40(3)4;1-12(29)8-13-2-5-16(19(9-13)23(26)27)22-17-6-3-14(24)10-20(17)28-21-11-15(25)4-7-18(21)22;1-2-3-4-5-6;6*1-2;;;;/h14-19,33H,7-13,20-21H2,1-6H3,(H,34,45)(H,37,44)(H,38,46)(H,39,47)(H2,35,36,48);2-7,9-11,24H,8H2,1H3,(H,26,27);2-6H2,1H3;5*1-2H3;2H2,1H3;4*1H4. The van der Waals surface area contributed by atoms with Gasteiger partial charge in [-0.3, -0.25) is 29.3 Å². The number of carbonyl (C=O) groups is 6. The molecule has 3 aromatic heterocycles. The predicted molar refractivity (Wildman–Crippen MR) is 423 cm³/mol. The van der Waals surface area contributed by atoms with E-state index in [1.165, 1.54) is 69.6 Å². The molecule has 0 radical (unpaired) electrons. The molecule has 2 aromatic carbocycles. The van der Waals surface area contributed by atoms with E-state index in [9.17, 15) is 43.8 Å². The highest BCUT2D eigenvalue weighted by Gasteiger charge is 2.24. The molecular weight excluding hydrogens is 1270 g/mol. The molecule has 7 rings (SSSR count). The largest absolute Gasteiger partial charge is 0.508 e. The van der Waals surface area contributed by atoms with E-state index in [0.717, 1.165) is 49.2 Å². The number of aromatic nitrogens is 3. The van der Waals surface area contributed by atoms with Gasteiger partial charge >= 0.3 is 12.0 Å². The van der Waals surface area contributed by atoms with E-state index in [1.54, 1.807) is 76.7 Å². The third-order valence-corrected chi connectivity index (χ3v) is 12.9. The fourth-order valence-electron chi connectivity index (χ4n) is 8.78. The molecule has 0 saturated carbocycles. The summed E-state index contributed by atoms with van der Waals surface area (Å²) in [6, 6.07) is 18.6. The molecule has 0 fully saturated rings. The summed E-state index contributed by atoms with van der Waals surface area (Å²) >= 11 is 5.15. The van der Waals surface area contributed by atoms with Crippen molar-refractivity contribution in [1.82, 2.24) is 39.9 Å². The van der Waals surface area contributed by atoms with Crippen LogP contribution in [-0.4, -0.2) is 123 Å². The summed E-state index contributed by atoms with van der Waals surface area (Å²) in [6.07, 6.45) is 13.0. The van der Waals surface area contributed by atoms with E-state index in [0.29, 0.717) is 75.7 Å². The first-order valence-corrected chi connectivity index (χ1v) is 33.5. The molecule has 0 spiro atoms. The van der Waals surface area contributed by atoms with E-state index in [1.807, 2.05) is 101 Å². The Balaban J connectivity index is -0.000000361. The summed E-state index contributed by atoms with van der Waals surface area (Å²) in [5, 5.41) is 40.1. The topological polar surface area (TPSA) is 327 Å². The Morgan fingerprint density at radius 3 is 1.64 bits per heavy atom. The smallest absolute Gasteiger partial charge is 0.336 e. The van der Waals surface area contributed by atoms with E-state index in [-0.39, 0.29) is 89.0 Å². The van der Waals surface area contributed by atoms with Gasteiger partial charge in [0.1, 0.15) is 34.2 Å². The lowest BCUT2D eigenvalue weighted by Gasteiger charge is -2.17. The molecule has 5 aromatic rings. The van der Waals surface area contributed by atoms with Gasteiger partial charge < -0.3 is 76.6 Å². The van der Waals surface area contributed by atoms with Crippen LogP contribution in [0.1, 0.15) is 219 Å². The average Bonchev–Trinajstić information content (AvgIpc) is 1.50. The number of anilines is 3. The summed E-state index contributed by atoms with van der Waals surface area (Å²) in [7, 11) is 8.85. The molecule has 4 heterocycles. The summed E-state index contributed by atoms with van der Waals surface area (Å²) in [6.45, 7) is 30.6. The highest BCUT2D eigenvalue weighted by molar-refractivity contribution is 7.80. The molecule has 13 N–H and O–H groups in total. The van der Waals surface area contributed by atoms with Gasteiger partial charge in [0.25, 0.3) is 17.7 Å². The molecule has 0 saturated heterocycles. The molecular formula is C75H129N13O10S. The van der Waals surface area contributed by atoms with E-state index < -0.39 is 17.8 Å². The van der Waals surface area contributed by atoms with Crippen molar-refractivity contribution in [2.45, 2.75) is 185 Å². The molecule has 23 nitrogen and oxygen atoms in total. The second-order valence-electron chi connectivity index (χ2n) is 20.1. The van der Waals surface area contributed by atoms with Gasteiger partial charge in [0, 0.05) is 87.8 Å². The minimum atomic E-state index is -1.06. The van der Waals surface area contributed by atoms with Crippen LogP contribution in [0.3, 0.4) is 0 Å². The number of urea groups is 1. The van der Waals surface area contributed by atoms with Crippen LogP contribution in [0.2, 0.25) is 0 Å². The van der Waals surface area contributed by atoms with Gasteiger partial charge in [0.2, 0.25) is 5.91 Å². The van der Waals surface area contributed by atoms with Crippen LogP contribution in [0.15, 0.2) is 101 Å². The first-order chi connectivity index (χ1) is 45.6. The number of aromatic carboxylic acids is 1. The first-order valence-electron chi connectivity index (χ1n) is 33.0. The number of nitrogens with zero attached hydrogens (tertiary/aromatic N) is 4. The highest BCUT2D eigenvalue weighted by atomic mass is 32.1. The number of unbranched alkanes of at least 4 members (excludes halogenated alkanes) is 4. The quantitative estimate of drug-likeness (QED) is 0.0110. The van der Waals surface area contributed by atoms with Crippen LogP contribution in [0.4, 0.5) is 21.9 Å². The molecule has 0 unspecified atom stereocenters. The molecule has 1 aliphatic carbocycles. The molecule has 24 heteroatoms. The minimum Gasteiger partial charge on any atom is -0.508 e. The predicted octanol–water partition coefficient (Wildman–Crippen LogP) is 15.6. The maximum atomic E-state index is 13.4. The Kier molecular flexibility index (Phi) is 59.7. The molecule has 0 atom stereocenters. The van der Waals surface area contributed by atoms with Crippen LogP contribution in [0, 0.1) is 0 Å². The van der Waals surface area contributed by atoms with Gasteiger partial charge in [-0.25, -0.2) is 9.59 Å². The summed E-state index contributed by atoms with van der Waals surface area (Å²) in [5.74, 6) is -2.16. The minimum absolute atomic E-state index is 0. The van der Waals surface area contributed by atoms with Crippen molar-refractivity contribution in [1.29, 1.82) is 0 Å². The van der Waals surface area contributed by atoms with Crippen LogP contribution in [-0.2, 0) is 32.0 Å². The summed E-state index contributed by atoms with van der Waals surface area (Å²) in [5.41, 5.74) is 14.7. The van der Waals surface area contributed by atoms with E-state index in [4.69, 9.17) is 22.4 Å². The number of amides is 6. The van der Waals surface area contributed by atoms with E-state index >= 15 is 0 Å². The van der Waals surface area contributed by atoms with Crippen molar-refractivity contribution in [2.24, 2.45) is 25.6 Å². The lowest BCUT2D eigenvalue weighted by atomic mass is 9.89. The lowest BCUT2D eigenvalue weighted by Crippen LogP contribution is -2.41. The second kappa shape index (κ2) is 58.3. The van der Waals surface area contributed by atoms with E-state index in [2.05, 4.69) is 56.8 Å². The molecule has 0 bridgehead atoms. The SMILES string of the molecule is C.C.C.C.CC.CC.CC.CC.CC.CC(=S)Cc1ccc(-c2c3ccc(=O)cc-3oc3cc(O)ccc23)c(C(=O)O)c1.CCCCCN.CCCCCNC(=O)NCNCn1cc(NC(C)=O)cc1C(=O)Nc1cc(C(=O)Nc2cc(C(=O)NCCCN(C)C)n(C)c2)n(C)c1.CN. The first kappa shape index (κ1) is 101. The molecule has 99 heavy (non-hydrogen) atoms. The summed E-state index contributed by atoms with van der Waals surface area (Å²) in [4.78, 5) is 89.5. The number of nitrogens with two attached hydrogens (primary N) is 2. The molecule has 560 valence electrons. The number of nitrogens with one attached hydrogen (secondary N) is 7. The number of phenolic OH excluding ortho intramolecular Hbond substituents is 1. The molecule has 1 aliphatic heterocycles. The van der Waals surface area contributed by atoms with Crippen molar-refractivity contribution in [3.63, 3.8) is 0 Å². The number of aromatic hydroxyl groups is 1. The number of carboxylic acids is 1. The van der Waals surface area contributed by atoms with Gasteiger partial charge in [0.15, 0.2) is 5.43 Å². The second-order valence-corrected chi connectivity index (χ2v) is 20.8. The number of benzene rings is 3. The van der Waals surface area contributed by atoms with Gasteiger partial charge in [-0.05, 0) is 125 Å². The highest BCUT2D eigenvalue weighted by Crippen LogP contribution is 2.42. The maximum Gasteiger partial charge on any atom is 0.336 e. The monoisotopic (exact) mass is 1400 g/mol.